The molecule has 1 saturated heterocycles. The second kappa shape index (κ2) is 5.69. The molecular weight excluding hydrogens is 329 g/mol. The van der Waals surface area contributed by atoms with Crippen LogP contribution >= 0.6 is 0 Å². The molecule has 11 heteroatoms. The lowest BCUT2D eigenvalue weighted by molar-refractivity contribution is -0.480. The molecule has 0 aromatic rings. The smallest absolute Gasteiger partial charge is 0.418 e. The molecule has 2 atom stereocenters. The van der Waals surface area contributed by atoms with Gasteiger partial charge in [0, 0.05) is 6.92 Å². The first-order chi connectivity index (χ1) is 9.82. The van der Waals surface area contributed by atoms with Gasteiger partial charge < -0.3 is 14.2 Å². The van der Waals surface area contributed by atoms with Gasteiger partial charge in [-0.25, -0.2) is 8.78 Å². The van der Waals surface area contributed by atoms with Gasteiger partial charge in [-0.1, -0.05) is 6.08 Å². The number of hydrogen-bond acceptors (Lipinski definition) is 4. The van der Waals surface area contributed by atoms with Crippen molar-refractivity contribution in [1.82, 2.24) is 0 Å². The lowest BCUT2D eigenvalue weighted by atomic mass is 9.93. The highest BCUT2D eigenvalue weighted by atomic mass is 19.4. The standard InChI is InChI=1S/C11H11F7O4/c1-3-4-20-7-8(12,13)5-21-10(9(7,14)15,11(16,17)18)22-6(2)19/h3,7H,1,4-5H2,2H3. The van der Waals surface area contributed by atoms with E-state index >= 15 is 0 Å². The SMILES string of the molecule is C=CCOC1C(F)(F)COC(OC(C)=O)(C(F)(F)F)C1(F)F. The quantitative estimate of drug-likeness (QED) is 0.448. The van der Waals surface area contributed by atoms with Crippen LogP contribution < -0.4 is 0 Å². The van der Waals surface area contributed by atoms with Crippen LogP contribution in [0.1, 0.15) is 6.92 Å². The fraction of sp³-hybridized carbons (Fsp3) is 0.727. The largest absolute Gasteiger partial charge is 0.462 e. The monoisotopic (exact) mass is 340 g/mol. The maximum atomic E-state index is 14.1. The van der Waals surface area contributed by atoms with Crippen molar-refractivity contribution in [3.63, 3.8) is 0 Å². The summed E-state index contributed by atoms with van der Waals surface area (Å²) in [5.74, 6) is -16.5. The average molecular weight is 340 g/mol. The molecule has 0 radical (unpaired) electrons. The molecule has 0 spiro atoms. The molecule has 0 aliphatic carbocycles. The first-order valence-corrected chi connectivity index (χ1v) is 5.70. The molecule has 1 aliphatic rings. The maximum absolute atomic E-state index is 14.1. The average Bonchev–Trinajstić information content (AvgIpc) is 2.30. The Morgan fingerprint density at radius 2 is 1.91 bits per heavy atom. The third-order valence-electron chi connectivity index (χ3n) is 2.66. The highest BCUT2D eigenvalue weighted by Gasteiger charge is 2.83. The summed E-state index contributed by atoms with van der Waals surface area (Å²) >= 11 is 0. The van der Waals surface area contributed by atoms with Crippen LogP contribution in [0.4, 0.5) is 30.7 Å². The van der Waals surface area contributed by atoms with Crippen molar-refractivity contribution in [2.75, 3.05) is 13.2 Å². The lowest BCUT2D eigenvalue weighted by Gasteiger charge is -2.48. The van der Waals surface area contributed by atoms with Gasteiger partial charge in [0.25, 0.3) is 0 Å². The van der Waals surface area contributed by atoms with Crippen molar-refractivity contribution in [1.29, 1.82) is 0 Å². The van der Waals surface area contributed by atoms with Crippen molar-refractivity contribution in [2.45, 2.75) is 36.8 Å². The minimum Gasteiger partial charge on any atom is -0.418 e. The van der Waals surface area contributed by atoms with Crippen molar-refractivity contribution in [3.8, 4) is 0 Å². The Balaban J connectivity index is 3.40. The van der Waals surface area contributed by atoms with Gasteiger partial charge in [-0.15, -0.1) is 6.58 Å². The van der Waals surface area contributed by atoms with Crippen LogP contribution in [0.5, 0.6) is 0 Å². The number of esters is 1. The summed E-state index contributed by atoms with van der Waals surface area (Å²) in [6.07, 6.45) is -8.70. The fourth-order valence-corrected chi connectivity index (χ4v) is 1.83. The Labute approximate surface area is 119 Å². The summed E-state index contributed by atoms with van der Waals surface area (Å²) in [5.41, 5.74) is 0. The Bertz CT molecular complexity index is 448. The number of ether oxygens (including phenoxy) is 3. The highest BCUT2D eigenvalue weighted by Crippen LogP contribution is 2.54. The minimum atomic E-state index is -5.98. The molecule has 1 fully saturated rings. The maximum Gasteiger partial charge on any atom is 0.462 e. The number of halogens is 7. The molecule has 0 amide bonds. The van der Waals surface area contributed by atoms with Gasteiger partial charge >= 0.3 is 29.8 Å². The van der Waals surface area contributed by atoms with Gasteiger partial charge in [0.15, 0.2) is 6.10 Å². The van der Waals surface area contributed by atoms with Gasteiger partial charge in [-0.2, -0.15) is 22.0 Å². The zero-order valence-corrected chi connectivity index (χ0v) is 11.1. The van der Waals surface area contributed by atoms with Crippen LogP contribution in [0.2, 0.25) is 0 Å². The zero-order chi connectivity index (χ0) is 17.4. The molecule has 128 valence electrons. The van der Waals surface area contributed by atoms with Crippen LogP contribution in [0, 0.1) is 0 Å². The van der Waals surface area contributed by atoms with Crippen molar-refractivity contribution in [3.05, 3.63) is 12.7 Å². The Morgan fingerprint density at radius 1 is 1.36 bits per heavy atom. The number of hydrogen-bond donors (Lipinski definition) is 0. The van der Waals surface area contributed by atoms with E-state index in [-0.39, 0.29) is 0 Å². The molecule has 1 heterocycles. The van der Waals surface area contributed by atoms with Crippen LogP contribution in [0.25, 0.3) is 0 Å². The van der Waals surface area contributed by atoms with Gasteiger partial charge in [0.1, 0.15) is 6.61 Å². The normalized spacial score (nSPS) is 30.6. The summed E-state index contributed by atoms with van der Waals surface area (Å²) < 4.78 is 105. The zero-order valence-electron chi connectivity index (χ0n) is 11.1. The molecule has 22 heavy (non-hydrogen) atoms. The van der Waals surface area contributed by atoms with Crippen LogP contribution in [0.15, 0.2) is 12.7 Å². The third-order valence-corrected chi connectivity index (χ3v) is 2.66. The molecule has 0 N–H and O–H groups in total. The van der Waals surface area contributed by atoms with Crippen LogP contribution in [-0.2, 0) is 19.0 Å². The van der Waals surface area contributed by atoms with E-state index in [4.69, 9.17) is 0 Å². The molecule has 0 bridgehead atoms. The predicted octanol–water partition coefficient (Wildman–Crippen LogP) is 2.68. The van der Waals surface area contributed by atoms with Gasteiger partial charge in [0.05, 0.1) is 6.61 Å². The predicted molar refractivity (Wildman–Crippen MR) is 56.3 cm³/mol. The molecule has 0 aromatic carbocycles. The van der Waals surface area contributed by atoms with E-state index < -0.39 is 49.1 Å². The number of carbonyl (C=O) groups is 1. The van der Waals surface area contributed by atoms with Crippen molar-refractivity contribution >= 4 is 5.97 Å². The summed E-state index contributed by atoms with van der Waals surface area (Å²) in [5, 5.41) is 0. The van der Waals surface area contributed by atoms with Crippen LogP contribution in [-0.4, -0.2) is 49.1 Å². The second-order valence-electron chi connectivity index (χ2n) is 4.38. The van der Waals surface area contributed by atoms with Crippen LogP contribution in [0.3, 0.4) is 0 Å². The van der Waals surface area contributed by atoms with Crippen molar-refractivity contribution < 1.29 is 49.7 Å². The Morgan fingerprint density at radius 3 is 2.32 bits per heavy atom. The lowest BCUT2D eigenvalue weighted by Crippen LogP contribution is -2.75. The minimum absolute atomic E-state index is 0.402. The molecule has 1 aliphatic heterocycles. The topological polar surface area (TPSA) is 44.8 Å². The molecule has 2 unspecified atom stereocenters. The summed E-state index contributed by atoms with van der Waals surface area (Å²) in [6.45, 7) is 0.479. The van der Waals surface area contributed by atoms with Gasteiger partial charge in [-0.05, 0) is 0 Å². The Kier molecular flexibility index (Phi) is 4.83. The van der Waals surface area contributed by atoms with Crippen molar-refractivity contribution in [2.24, 2.45) is 0 Å². The number of alkyl halides is 7. The Hall–Kier alpha value is -1.36. The summed E-state index contributed by atoms with van der Waals surface area (Å²) in [4.78, 5) is 10.8. The highest BCUT2D eigenvalue weighted by molar-refractivity contribution is 5.66. The van der Waals surface area contributed by atoms with E-state index in [1.165, 1.54) is 0 Å². The van der Waals surface area contributed by atoms with Gasteiger partial charge in [-0.3, -0.25) is 4.79 Å². The first-order valence-electron chi connectivity index (χ1n) is 5.70. The third kappa shape index (κ3) is 2.91. The van der Waals surface area contributed by atoms with E-state index in [0.29, 0.717) is 6.92 Å². The van der Waals surface area contributed by atoms with E-state index in [0.717, 1.165) is 6.08 Å². The van der Waals surface area contributed by atoms with Gasteiger partial charge in [0.2, 0.25) is 0 Å². The molecule has 0 aromatic heterocycles. The fourth-order valence-electron chi connectivity index (χ4n) is 1.83. The van der Waals surface area contributed by atoms with E-state index in [1.54, 1.807) is 0 Å². The molecule has 4 nitrogen and oxygen atoms in total. The molecule has 1 rings (SSSR count). The molecule has 0 saturated carbocycles. The number of rotatable bonds is 4. The van der Waals surface area contributed by atoms with E-state index in [9.17, 15) is 35.5 Å². The molecular formula is C11H11F7O4. The summed E-state index contributed by atoms with van der Waals surface area (Å²) in [7, 11) is 0. The number of carbonyl (C=O) groups excluding carboxylic acids is 1. The second-order valence-corrected chi connectivity index (χ2v) is 4.38. The first kappa shape index (κ1) is 18.7. The van der Waals surface area contributed by atoms with E-state index in [1.807, 2.05) is 0 Å². The van der Waals surface area contributed by atoms with E-state index in [2.05, 4.69) is 20.8 Å². The summed E-state index contributed by atoms with van der Waals surface area (Å²) in [6, 6.07) is 0.